The third-order valence-corrected chi connectivity index (χ3v) is 2.16. The summed E-state index contributed by atoms with van der Waals surface area (Å²) in [5.41, 5.74) is 2.20. The van der Waals surface area contributed by atoms with Crippen LogP contribution in [0.3, 0.4) is 0 Å². The van der Waals surface area contributed by atoms with Crippen LogP contribution in [0.25, 0.3) is 0 Å². The normalized spacial score (nSPS) is 15.1. The molecular formula is C14H17FeO-. The average Bonchev–Trinajstić information content (AvgIpc) is 2.92. The van der Waals surface area contributed by atoms with E-state index in [4.69, 9.17) is 5.11 Å². The van der Waals surface area contributed by atoms with Gasteiger partial charge in [0.25, 0.3) is 0 Å². The van der Waals surface area contributed by atoms with Crippen LogP contribution < -0.4 is 0 Å². The number of hydrogen-bond donors (Lipinski definition) is 1. The number of rotatable bonds is 2. The predicted molar refractivity (Wildman–Crippen MR) is 64.9 cm³/mol. The Morgan fingerprint density at radius 3 is 2.44 bits per heavy atom. The molecule has 1 aromatic carbocycles. The third-order valence-electron chi connectivity index (χ3n) is 2.16. The molecule has 0 aromatic heterocycles. The maximum Gasteiger partial charge on any atom is 0.0866 e. The van der Waals surface area contributed by atoms with Crippen LogP contribution in [0.4, 0.5) is 0 Å². The summed E-state index contributed by atoms with van der Waals surface area (Å²) in [6, 6.07) is 10.0. The Kier molecular flexibility index (Phi) is 8.51. The van der Waals surface area contributed by atoms with Crippen LogP contribution in [0.15, 0.2) is 66.0 Å². The number of aliphatic hydroxyl groups excluding tert-OH is 1. The topological polar surface area (TPSA) is 20.2 Å². The molecule has 1 aliphatic carbocycles. The summed E-state index contributed by atoms with van der Waals surface area (Å²) in [7, 11) is 0. The molecule has 16 heavy (non-hydrogen) atoms. The largest absolute Gasteiger partial charge is 0.515 e. The molecule has 0 aliphatic heterocycles. The van der Waals surface area contributed by atoms with Gasteiger partial charge in [-0.05, 0) is 12.0 Å². The Morgan fingerprint density at radius 1 is 1.31 bits per heavy atom. The minimum absolute atomic E-state index is 0. The minimum atomic E-state index is 0. The molecule has 0 atom stereocenters. The zero-order valence-electron chi connectivity index (χ0n) is 9.41. The van der Waals surface area contributed by atoms with Gasteiger partial charge in [0.15, 0.2) is 0 Å². The van der Waals surface area contributed by atoms with Gasteiger partial charge in [-0.1, -0.05) is 31.6 Å². The van der Waals surface area contributed by atoms with Crippen LogP contribution in [-0.4, -0.2) is 5.11 Å². The zero-order chi connectivity index (χ0) is 10.9. The fourth-order valence-electron chi connectivity index (χ4n) is 1.41. The summed E-state index contributed by atoms with van der Waals surface area (Å²) >= 11 is 0. The van der Waals surface area contributed by atoms with Gasteiger partial charge in [0.1, 0.15) is 0 Å². The van der Waals surface area contributed by atoms with Crippen molar-refractivity contribution >= 4 is 0 Å². The number of aliphatic hydroxyl groups is 1. The first-order valence-corrected chi connectivity index (χ1v) is 5.27. The van der Waals surface area contributed by atoms with E-state index >= 15 is 0 Å². The van der Waals surface area contributed by atoms with Crippen molar-refractivity contribution in [2.45, 2.75) is 19.8 Å². The quantitative estimate of drug-likeness (QED) is 0.480. The monoisotopic (exact) mass is 257 g/mol. The maximum atomic E-state index is 8.71. The van der Waals surface area contributed by atoms with E-state index in [0.717, 1.165) is 18.4 Å². The van der Waals surface area contributed by atoms with Crippen molar-refractivity contribution in [1.82, 2.24) is 0 Å². The van der Waals surface area contributed by atoms with Gasteiger partial charge < -0.3 is 5.11 Å². The molecule has 0 radical (unpaired) electrons. The van der Waals surface area contributed by atoms with Gasteiger partial charge >= 0.3 is 0 Å². The Labute approximate surface area is 108 Å². The molecule has 1 aliphatic rings. The molecule has 0 bridgehead atoms. The fraction of sp³-hybridized carbons (Fsp3) is 0.214. The van der Waals surface area contributed by atoms with E-state index in [0.29, 0.717) is 0 Å². The maximum absolute atomic E-state index is 8.71. The first kappa shape index (κ1) is 14.9. The Bertz CT molecular complexity index is 328. The van der Waals surface area contributed by atoms with Gasteiger partial charge in [0.2, 0.25) is 0 Å². The van der Waals surface area contributed by atoms with Gasteiger partial charge in [-0.15, -0.1) is 0 Å². The molecule has 0 spiro atoms. The summed E-state index contributed by atoms with van der Waals surface area (Å²) in [5, 5.41) is 8.71. The van der Waals surface area contributed by atoms with Crippen molar-refractivity contribution in [3.05, 3.63) is 66.0 Å². The molecule has 2 rings (SSSR count). The summed E-state index contributed by atoms with van der Waals surface area (Å²) in [6.45, 7) is 2.13. The number of hydrogen-bond acceptors (Lipinski definition) is 1. The van der Waals surface area contributed by atoms with Crippen LogP contribution in [0.2, 0.25) is 0 Å². The number of allylic oxidation sites excluding steroid dienone is 5. The molecule has 2 heteroatoms. The van der Waals surface area contributed by atoms with Crippen LogP contribution in [0, 0.1) is 0 Å². The van der Waals surface area contributed by atoms with Crippen molar-refractivity contribution in [3.8, 4) is 0 Å². The predicted octanol–water partition coefficient (Wildman–Crippen LogP) is 4.13. The molecule has 0 saturated heterocycles. The summed E-state index contributed by atoms with van der Waals surface area (Å²) in [6.07, 6.45) is 9.29. The molecule has 0 unspecified atom stereocenters. The first-order chi connectivity index (χ1) is 7.38. The van der Waals surface area contributed by atoms with Crippen molar-refractivity contribution in [3.63, 3.8) is 0 Å². The van der Waals surface area contributed by atoms with Gasteiger partial charge in [0.05, 0.1) is 6.26 Å². The van der Waals surface area contributed by atoms with E-state index in [1.165, 1.54) is 11.8 Å². The fourth-order valence-corrected chi connectivity index (χ4v) is 1.41. The second-order valence-electron chi connectivity index (χ2n) is 3.35. The van der Waals surface area contributed by atoms with Crippen molar-refractivity contribution in [2.24, 2.45) is 0 Å². The molecular weight excluding hydrogens is 240 g/mol. The standard InChI is InChI=1S/C9H12O.C5H5.Fe/c1-2-4-8-5-3-6-9(8)7-10;1-2-4-5-3-1;/h3,5-7,10H,2,4H2,1H3;1-5H;/q;-1;/b9-7+;;. The second-order valence-corrected chi connectivity index (χ2v) is 3.35. The molecule has 1 N–H and O–H groups in total. The van der Waals surface area contributed by atoms with E-state index in [-0.39, 0.29) is 17.1 Å². The Morgan fingerprint density at radius 2 is 2.00 bits per heavy atom. The zero-order valence-corrected chi connectivity index (χ0v) is 10.5. The van der Waals surface area contributed by atoms with Gasteiger partial charge in [0, 0.05) is 22.6 Å². The van der Waals surface area contributed by atoms with Gasteiger partial charge in [-0.25, -0.2) is 12.1 Å². The molecule has 0 heterocycles. The summed E-state index contributed by atoms with van der Waals surface area (Å²) in [5.74, 6) is 0. The Hall–Kier alpha value is -1.11. The van der Waals surface area contributed by atoms with Crippen LogP contribution in [0.5, 0.6) is 0 Å². The molecule has 1 nitrogen and oxygen atoms in total. The van der Waals surface area contributed by atoms with Crippen molar-refractivity contribution < 1.29 is 22.2 Å². The van der Waals surface area contributed by atoms with Crippen LogP contribution in [-0.2, 0) is 17.1 Å². The smallest absolute Gasteiger partial charge is 0.0866 e. The summed E-state index contributed by atoms with van der Waals surface area (Å²) < 4.78 is 0. The van der Waals surface area contributed by atoms with Crippen molar-refractivity contribution in [1.29, 1.82) is 0 Å². The summed E-state index contributed by atoms with van der Waals surface area (Å²) in [4.78, 5) is 0. The Balaban J connectivity index is 0.000000318. The second kappa shape index (κ2) is 9.14. The van der Waals surface area contributed by atoms with E-state index in [2.05, 4.69) is 6.92 Å². The molecule has 88 valence electrons. The third kappa shape index (κ3) is 5.11. The van der Waals surface area contributed by atoms with Crippen molar-refractivity contribution in [2.75, 3.05) is 0 Å². The average molecular weight is 257 g/mol. The van der Waals surface area contributed by atoms with E-state index < -0.39 is 0 Å². The first-order valence-electron chi connectivity index (χ1n) is 5.27. The van der Waals surface area contributed by atoms with Crippen LogP contribution >= 0.6 is 0 Å². The SMILES string of the molecule is CCCC1=CC=C/C1=C\O.[Fe].c1cc[cH-]c1. The molecule has 1 aromatic rings. The van der Waals surface area contributed by atoms with E-state index in [1.807, 2.05) is 48.6 Å². The molecule has 0 fully saturated rings. The van der Waals surface area contributed by atoms with Crippen LogP contribution in [0.1, 0.15) is 19.8 Å². The van der Waals surface area contributed by atoms with Gasteiger partial charge in [-0.3, -0.25) is 0 Å². The van der Waals surface area contributed by atoms with E-state index in [1.54, 1.807) is 0 Å². The van der Waals surface area contributed by atoms with E-state index in [9.17, 15) is 0 Å². The molecule has 0 saturated carbocycles. The minimum Gasteiger partial charge on any atom is -0.515 e. The van der Waals surface area contributed by atoms with Gasteiger partial charge in [-0.2, -0.15) is 18.2 Å². The molecule has 0 amide bonds.